The van der Waals surface area contributed by atoms with Gasteiger partial charge in [-0.15, -0.1) is 0 Å². The van der Waals surface area contributed by atoms with Crippen LogP contribution in [-0.4, -0.2) is 27.5 Å². The monoisotopic (exact) mass is 406 g/mol. The number of unbranched alkanes of at least 4 members (excludes halogenated alkanes) is 2. The van der Waals surface area contributed by atoms with Gasteiger partial charge in [0, 0.05) is 6.20 Å². The molecular weight excluding hydrogens is 376 g/mol. The Morgan fingerprint density at radius 3 is 2.60 bits per heavy atom. The van der Waals surface area contributed by atoms with Crippen molar-refractivity contribution < 1.29 is 9.53 Å². The molecule has 0 unspecified atom stereocenters. The van der Waals surface area contributed by atoms with E-state index < -0.39 is 0 Å². The van der Waals surface area contributed by atoms with Crippen LogP contribution in [0.25, 0.3) is 22.6 Å². The van der Waals surface area contributed by atoms with Gasteiger partial charge < -0.3 is 15.5 Å². The fourth-order valence-electron chi connectivity index (χ4n) is 3.38. The lowest BCUT2D eigenvalue weighted by Gasteiger charge is -2.08. The van der Waals surface area contributed by atoms with Crippen molar-refractivity contribution >= 4 is 11.9 Å². The van der Waals surface area contributed by atoms with Crippen molar-refractivity contribution in [2.75, 3.05) is 12.3 Å². The highest BCUT2D eigenvalue weighted by molar-refractivity contribution is 5.98. The van der Waals surface area contributed by atoms with Crippen LogP contribution in [0.4, 0.5) is 5.95 Å². The molecule has 1 aromatic carbocycles. The van der Waals surface area contributed by atoms with Gasteiger partial charge in [-0.3, -0.25) is 0 Å². The Morgan fingerprint density at radius 2 is 1.93 bits per heavy atom. The van der Waals surface area contributed by atoms with Crippen molar-refractivity contribution in [3.8, 4) is 22.6 Å². The predicted molar refractivity (Wildman–Crippen MR) is 120 cm³/mol. The van der Waals surface area contributed by atoms with Crippen LogP contribution in [-0.2, 0) is 11.2 Å². The number of aromatic amines is 1. The van der Waals surface area contributed by atoms with Gasteiger partial charge in [0.1, 0.15) is 0 Å². The summed E-state index contributed by atoms with van der Waals surface area (Å²) in [4.78, 5) is 24.4. The van der Waals surface area contributed by atoms with Crippen LogP contribution in [0.1, 0.15) is 56.0 Å². The molecule has 3 N–H and O–H groups in total. The molecule has 2 aromatic heterocycles. The first-order chi connectivity index (χ1) is 14.5. The van der Waals surface area contributed by atoms with Crippen LogP contribution in [0.2, 0.25) is 0 Å². The van der Waals surface area contributed by atoms with Crippen LogP contribution in [0.5, 0.6) is 0 Å². The molecule has 0 aliphatic carbocycles. The maximum absolute atomic E-state index is 12.8. The summed E-state index contributed by atoms with van der Waals surface area (Å²) in [5, 5.41) is 0. The summed E-state index contributed by atoms with van der Waals surface area (Å²) >= 11 is 0. The van der Waals surface area contributed by atoms with Gasteiger partial charge in [0.15, 0.2) is 0 Å². The number of anilines is 1. The summed E-state index contributed by atoms with van der Waals surface area (Å²) in [6.07, 6.45) is 5.59. The Kier molecular flexibility index (Phi) is 7.22. The molecule has 0 aliphatic heterocycles. The Bertz CT molecular complexity index is 977. The van der Waals surface area contributed by atoms with E-state index in [4.69, 9.17) is 10.5 Å². The van der Waals surface area contributed by atoms with Gasteiger partial charge in [0.25, 0.3) is 0 Å². The minimum Gasteiger partial charge on any atom is -0.462 e. The second-order valence-corrected chi connectivity index (χ2v) is 7.91. The van der Waals surface area contributed by atoms with Gasteiger partial charge in [-0.2, -0.15) is 0 Å². The van der Waals surface area contributed by atoms with Crippen LogP contribution < -0.4 is 5.73 Å². The molecule has 2 heterocycles. The second kappa shape index (κ2) is 10.1. The summed E-state index contributed by atoms with van der Waals surface area (Å²) in [6, 6.07) is 11.8. The number of nitrogens with two attached hydrogens (primary N) is 1. The Balaban J connectivity index is 1.93. The highest BCUT2D eigenvalue weighted by Gasteiger charge is 2.20. The first kappa shape index (κ1) is 21.6. The highest BCUT2D eigenvalue weighted by Crippen LogP contribution is 2.29. The lowest BCUT2D eigenvalue weighted by Crippen LogP contribution is -2.07. The molecule has 0 fully saturated rings. The van der Waals surface area contributed by atoms with Crippen molar-refractivity contribution in [2.24, 2.45) is 5.92 Å². The van der Waals surface area contributed by atoms with Crippen molar-refractivity contribution in [3.63, 3.8) is 0 Å². The minimum absolute atomic E-state index is 0.186. The standard InChI is InChI=1S/C24H30N4O2/c1-4-5-6-13-30-23(29)19-15-21(20-11-12-26-24(25)28-20)27-22(19)18-9-7-17(8-10-18)14-16(2)3/h7-12,15-16,27H,4-6,13-14H2,1-3H3,(H2,25,26,28). The topological polar surface area (TPSA) is 93.9 Å². The van der Waals surface area contributed by atoms with Crippen LogP contribution >= 0.6 is 0 Å². The average Bonchev–Trinajstić information content (AvgIpc) is 3.17. The normalized spacial score (nSPS) is 11.1. The molecule has 0 saturated heterocycles. The number of nitrogen functional groups attached to an aromatic ring is 1. The third-order valence-corrected chi connectivity index (χ3v) is 4.86. The number of hydrogen-bond acceptors (Lipinski definition) is 5. The molecule has 0 aliphatic rings. The zero-order valence-electron chi connectivity index (χ0n) is 17.9. The summed E-state index contributed by atoms with van der Waals surface area (Å²) in [7, 11) is 0. The van der Waals surface area contributed by atoms with Crippen molar-refractivity contribution in [2.45, 2.75) is 46.5 Å². The lowest BCUT2D eigenvalue weighted by atomic mass is 10.00. The van der Waals surface area contributed by atoms with Crippen LogP contribution in [0.3, 0.4) is 0 Å². The number of carbonyl (C=O) groups excluding carboxylic acids is 1. The fourth-order valence-corrected chi connectivity index (χ4v) is 3.38. The van der Waals surface area contributed by atoms with Crippen LogP contribution in [0.15, 0.2) is 42.6 Å². The van der Waals surface area contributed by atoms with Gasteiger partial charge in [-0.25, -0.2) is 14.8 Å². The zero-order valence-corrected chi connectivity index (χ0v) is 17.9. The average molecular weight is 407 g/mol. The smallest absolute Gasteiger partial charge is 0.340 e. The van der Waals surface area contributed by atoms with Crippen molar-refractivity contribution in [1.29, 1.82) is 0 Å². The van der Waals surface area contributed by atoms with Crippen LogP contribution in [0, 0.1) is 5.92 Å². The number of carbonyl (C=O) groups is 1. The Morgan fingerprint density at radius 1 is 1.17 bits per heavy atom. The predicted octanol–water partition coefficient (Wildman–Crippen LogP) is 5.27. The van der Waals surface area contributed by atoms with Gasteiger partial charge in [0.05, 0.1) is 29.3 Å². The van der Waals surface area contributed by atoms with E-state index in [0.717, 1.165) is 36.9 Å². The van der Waals surface area contributed by atoms with E-state index in [-0.39, 0.29) is 11.9 Å². The summed E-state index contributed by atoms with van der Waals surface area (Å²) in [5.41, 5.74) is 10.5. The van der Waals surface area contributed by atoms with E-state index in [9.17, 15) is 4.79 Å². The number of nitrogens with one attached hydrogen (secondary N) is 1. The number of hydrogen-bond donors (Lipinski definition) is 2. The molecular formula is C24H30N4O2. The van der Waals surface area contributed by atoms with Crippen molar-refractivity contribution in [3.05, 3.63) is 53.7 Å². The quantitative estimate of drug-likeness (QED) is 0.373. The lowest BCUT2D eigenvalue weighted by molar-refractivity contribution is 0.0499. The highest BCUT2D eigenvalue weighted by atomic mass is 16.5. The molecule has 0 saturated carbocycles. The van der Waals surface area contributed by atoms with Crippen molar-refractivity contribution in [1.82, 2.24) is 15.0 Å². The van der Waals surface area contributed by atoms with E-state index in [1.165, 1.54) is 5.56 Å². The molecule has 0 radical (unpaired) electrons. The third-order valence-electron chi connectivity index (χ3n) is 4.86. The minimum atomic E-state index is -0.336. The Hall–Kier alpha value is -3.15. The van der Waals surface area contributed by atoms with Gasteiger partial charge in [-0.1, -0.05) is 57.9 Å². The SMILES string of the molecule is CCCCCOC(=O)c1cc(-c2ccnc(N)n2)[nH]c1-c1ccc(CC(C)C)cc1. The molecule has 3 aromatic rings. The maximum atomic E-state index is 12.8. The van der Waals surface area contributed by atoms with E-state index >= 15 is 0 Å². The number of H-pyrrole nitrogens is 1. The molecule has 0 bridgehead atoms. The number of nitrogens with zero attached hydrogens (tertiary/aromatic N) is 2. The van der Waals surface area contributed by atoms with E-state index in [0.29, 0.717) is 29.5 Å². The third kappa shape index (κ3) is 5.47. The summed E-state index contributed by atoms with van der Waals surface area (Å²) < 4.78 is 5.53. The molecule has 158 valence electrons. The molecule has 0 spiro atoms. The largest absolute Gasteiger partial charge is 0.462 e. The first-order valence-corrected chi connectivity index (χ1v) is 10.6. The van der Waals surface area contributed by atoms with Gasteiger partial charge in [-0.05, 0) is 42.0 Å². The summed E-state index contributed by atoms with van der Waals surface area (Å²) in [6.45, 7) is 6.94. The number of aromatic nitrogens is 3. The summed E-state index contributed by atoms with van der Waals surface area (Å²) in [5.74, 6) is 0.437. The van der Waals surface area contributed by atoms with Gasteiger partial charge >= 0.3 is 5.97 Å². The molecule has 0 atom stereocenters. The second-order valence-electron chi connectivity index (χ2n) is 7.91. The van der Waals surface area contributed by atoms with E-state index in [2.05, 4.69) is 47.9 Å². The number of ether oxygens (including phenoxy) is 1. The number of benzene rings is 1. The first-order valence-electron chi connectivity index (χ1n) is 10.6. The molecule has 6 heteroatoms. The van der Waals surface area contributed by atoms with E-state index in [1.807, 2.05) is 12.1 Å². The maximum Gasteiger partial charge on any atom is 0.340 e. The zero-order chi connectivity index (χ0) is 21.5. The molecule has 3 rings (SSSR count). The molecule has 0 amide bonds. The Labute approximate surface area is 177 Å². The molecule has 30 heavy (non-hydrogen) atoms. The number of rotatable bonds is 9. The fraction of sp³-hybridized carbons (Fsp3) is 0.375. The van der Waals surface area contributed by atoms with Gasteiger partial charge in [0.2, 0.25) is 5.95 Å². The number of esters is 1. The molecule has 6 nitrogen and oxygen atoms in total. The van der Waals surface area contributed by atoms with E-state index in [1.54, 1.807) is 18.3 Å².